The third kappa shape index (κ3) is 3.30. The Morgan fingerprint density at radius 2 is 2.29 bits per heavy atom. The summed E-state index contributed by atoms with van der Waals surface area (Å²) in [5.41, 5.74) is 0.953. The molecule has 0 bridgehead atoms. The highest BCUT2D eigenvalue weighted by molar-refractivity contribution is 9.10. The maximum Gasteiger partial charge on any atom is 0.249 e. The smallest absolute Gasteiger partial charge is 0.249 e. The molecule has 1 aromatic heterocycles. The molecule has 1 aromatic rings. The molecule has 1 heterocycles. The van der Waals surface area contributed by atoms with Gasteiger partial charge in [-0.15, -0.1) is 0 Å². The van der Waals surface area contributed by atoms with E-state index in [0.29, 0.717) is 5.82 Å². The molecule has 0 unspecified atom stereocenters. The van der Waals surface area contributed by atoms with Gasteiger partial charge in [0.25, 0.3) is 0 Å². The predicted octanol–water partition coefficient (Wildman–Crippen LogP) is 2.75. The van der Waals surface area contributed by atoms with Crippen LogP contribution in [0.5, 0.6) is 0 Å². The third-order valence-corrected chi connectivity index (χ3v) is 2.06. The Hall–Kier alpha value is -1.16. The van der Waals surface area contributed by atoms with Gasteiger partial charge in [0.15, 0.2) is 0 Å². The number of pyridine rings is 1. The summed E-state index contributed by atoms with van der Waals surface area (Å²) in [5.74, 6) is 0.374. The maximum atomic E-state index is 11.3. The molecule has 0 atom stereocenters. The van der Waals surface area contributed by atoms with Crippen LogP contribution in [0, 0.1) is 0 Å². The second kappa shape index (κ2) is 4.91. The van der Waals surface area contributed by atoms with Crippen molar-refractivity contribution in [3.8, 4) is 0 Å². The van der Waals surface area contributed by atoms with Crippen LogP contribution < -0.4 is 5.32 Å². The van der Waals surface area contributed by atoms with Gasteiger partial charge in [0.1, 0.15) is 5.82 Å². The quantitative estimate of drug-likeness (QED) is 0.825. The van der Waals surface area contributed by atoms with Crippen molar-refractivity contribution in [2.75, 3.05) is 5.32 Å². The number of nitrogens with one attached hydrogen (secondary N) is 1. The lowest BCUT2D eigenvalue weighted by Gasteiger charge is -2.02. The van der Waals surface area contributed by atoms with Crippen LogP contribution in [-0.4, -0.2) is 10.9 Å². The monoisotopic (exact) mass is 254 g/mol. The van der Waals surface area contributed by atoms with Gasteiger partial charge >= 0.3 is 0 Å². The van der Waals surface area contributed by atoms with Gasteiger partial charge < -0.3 is 5.32 Å². The lowest BCUT2D eigenvalue weighted by molar-refractivity contribution is -0.112. The van der Waals surface area contributed by atoms with Crippen LogP contribution in [0.3, 0.4) is 0 Å². The average Bonchev–Trinajstić information content (AvgIpc) is 2.07. The SMILES string of the molecule is CC(C)=CC(=O)Nc1ncccc1Br. The van der Waals surface area contributed by atoms with E-state index in [1.54, 1.807) is 12.3 Å². The maximum absolute atomic E-state index is 11.3. The number of nitrogens with zero attached hydrogens (tertiary/aromatic N) is 1. The molecule has 0 saturated carbocycles. The van der Waals surface area contributed by atoms with Crippen LogP contribution in [0.25, 0.3) is 0 Å². The topological polar surface area (TPSA) is 42.0 Å². The van der Waals surface area contributed by atoms with Crippen molar-refractivity contribution in [2.24, 2.45) is 0 Å². The molecule has 0 aliphatic heterocycles. The second-order valence-corrected chi connectivity index (χ2v) is 3.90. The first-order valence-electron chi connectivity index (χ1n) is 4.16. The highest BCUT2D eigenvalue weighted by atomic mass is 79.9. The van der Waals surface area contributed by atoms with Crippen LogP contribution in [0.1, 0.15) is 13.8 Å². The Morgan fingerprint density at radius 1 is 1.57 bits per heavy atom. The minimum absolute atomic E-state index is 0.163. The zero-order chi connectivity index (χ0) is 10.6. The van der Waals surface area contributed by atoms with Crippen molar-refractivity contribution in [2.45, 2.75) is 13.8 Å². The van der Waals surface area contributed by atoms with Gasteiger partial charge in [-0.05, 0) is 41.9 Å². The summed E-state index contributed by atoms with van der Waals surface area (Å²) < 4.78 is 0.774. The van der Waals surface area contributed by atoms with Crippen LogP contribution in [0.4, 0.5) is 5.82 Å². The first-order chi connectivity index (χ1) is 6.59. The average molecular weight is 255 g/mol. The van der Waals surface area contributed by atoms with E-state index in [0.717, 1.165) is 10.0 Å². The van der Waals surface area contributed by atoms with Gasteiger partial charge in [-0.3, -0.25) is 4.79 Å². The lowest BCUT2D eigenvalue weighted by atomic mass is 10.3. The Bertz CT molecular complexity index is 370. The first-order valence-corrected chi connectivity index (χ1v) is 4.95. The molecule has 0 aromatic carbocycles. The Labute approximate surface area is 91.4 Å². The number of aromatic nitrogens is 1. The third-order valence-electron chi connectivity index (χ3n) is 1.42. The number of allylic oxidation sites excluding steroid dienone is 1. The van der Waals surface area contributed by atoms with E-state index in [2.05, 4.69) is 26.2 Å². The lowest BCUT2D eigenvalue weighted by Crippen LogP contribution is -2.10. The van der Waals surface area contributed by atoms with E-state index in [-0.39, 0.29) is 5.91 Å². The van der Waals surface area contributed by atoms with Crippen molar-refractivity contribution in [1.29, 1.82) is 0 Å². The molecule has 0 aliphatic rings. The molecule has 0 radical (unpaired) electrons. The molecular weight excluding hydrogens is 244 g/mol. The minimum atomic E-state index is -0.163. The van der Waals surface area contributed by atoms with Crippen LogP contribution in [0.15, 0.2) is 34.5 Å². The van der Waals surface area contributed by atoms with E-state index >= 15 is 0 Å². The fraction of sp³-hybridized carbons (Fsp3) is 0.200. The molecular formula is C10H11BrN2O. The standard InChI is InChI=1S/C10H11BrN2O/c1-7(2)6-9(14)13-10-8(11)4-3-5-12-10/h3-6H,1-2H3,(H,12,13,14). The summed E-state index contributed by atoms with van der Waals surface area (Å²) in [5, 5.41) is 2.67. The molecule has 0 fully saturated rings. The summed E-state index contributed by atoms with van der Waals surface area (Å²) in [4.78, 5) is 15.3. The summed E-state index contributed by atoms with van der Waals surface area (Å²) in [6.07, 6.45) is 3.16. The highest BCUT2D eigenvalue weighted by Gasteiger charge is 2.02. The normalized spacial score (nSPS) is 9.36. The van der Waals surface area contributed by atoms with Crippen LogP contribution >= 0.6 is 15.9 Å². The Balaban J connectivity index is 2.75. The number of amides is 1. The zero-order valence-electron chi connectivity index (χ0n) is 8.04. The van der Waals surface area contributed by atoms with Crippen LogP contribution in [-0.2, 0) is 4.79 Å². The van der Waals surface area contributed by atoms with Crippen LogP contribution in [0.2, 0.25) is 0 Å². The molecule has 0 aliphatic carbocycles. The minimum Gasteiger partial charge on any atom is -0.306 e. The van der Waals surface area contributed by atoms with Gasteiger partial charge in [-0.25, -0.2) is 4.98 Å². The van der Waals surface area contributed by atoms with Gasteiger partial charge in [-0.1, -0.05) is 5.57 Å². The highest BCUT2D eigenvalue weighted by Crippen LogP contribution is 2.18. The van der Waals surface area contributed by atoms with Gasteiger partial charge in [0.05, 0.1) is 4.47 Å². The molecule has 3 nitrogen and oxygen atoms in total. The Kier molecular flexibility index (Phi) is 3.83. The Morgan fingerprint density at radius 3 is 2.86 bits per heavy atom. The number of halogens is 1. The molecule has 4 heteroatoms. The summed E-state index contributed by atoms with van der Waals surface area (Å²) in [6, 6.07) is 3.62. The zero-order valence-corrected chi connectivity index (χ0v) is 9.63. The van der Waals surface area contributed by atoms with Crippen molar-refractivity contribution < 1.29 is 4.79 Å². The molecule has 14 heavy (non-hydrogen) atoms. The van der Waals surface area contributed by atoms with Crippen molar-refractivity contribution in [3.05, 3.63) is 34.5 Å². The number of hydrogen-bond acceptors (Lipinski definition) is 2. The molecule has 0 saturated heterocycles. The van der Waals surface area contributed by atoms with Gasteiger partial charge in [0.2, 0.25) is 5.91 Å². The molecule has 74 valence electrons. The van der Waals surface area contributed by atoms with E-state index in [1.165, 1.54) is 6.08 Å². The molecule has 1 amide bonds. The first kappa shape index (κ1) is 10.9. The van der Waals surface area contributed by atoms with Crippen molar-refractivity contribution in [3.63, 3.8) is 0 Å². The number of hydrogen-bond donors (Lipinski definition) is 1. The second-order valence-electron chi connectivity index (χ2n) is 3.04. The van der Waals surface area contributed by atoms with E-state index in [4.69, 9.17) is 0 Å². The van der Waals surface area contributed by atoms with Gasteiger partial charge in [-0.2, -0.15) is 0 Å². The predicted molar refractivity (Wildman–Crippen MR) is 60.0 cm³/mol. The number of carbonyl (C=O) groups is 1. The number of carbonyl (C=O) groups excluding carboxylic acids is 1. The van der Waals surface area contributed by atoms with Crippen molar-refractivity contribution in [1.82, 2.24) is 4.98 Å². The fourth-order valence-corrected chi connectivity index (χ4v) is 1.25. The molecule has 1 rings (SSSR count). The summed E-state index contributed by atoms with van der Waals surface area (Å²) in [6.45, 7) is 3.74. The van der Waals surface area contributed by atoms with E-state index in [9.17, 15) is 4.79 Å². The molecule has 1 N–H and O–H groups in total. The van der Waals surface area contributed by atoms with E-state index in [1.807, 2.05) is 19.9 Å². The number of rotatable bonds is 2. The summed E-state index contributed by atoms with van der Waals surface area (Å²) >= 11 is 3.29. The largest absolute Gasteiger partial charge is 0.306 e. The number of anilines is 1. The summed E-state index contributed by atoms with van der Waals surface area (Å²) in [7, 11) is 0. The van der Waals surface area contributed by atoms with Crippen molar-refractivity contribution >= 4 is 27.7 Å². The van der Waals surface area contributed by atoms with Gasteiger partial charge in [0, 0.05) is 12.3 Å². The fourth-order valence-electron chi connectivity index (χ4n) is 0.893. The molecule has 0 spiro atoms. The van der Waals surface area contributed by atoms with E-state index < -0.39 is 0 Å².